The molecule has 8 heteroatoms. The van der Waals surface area contributed by atoms with Crippen LogP contribution < -0.4 is 0 Å². The summed E-state index contributed by atoms with van der Waals surface area (Å²) in [6.45, 7) is 1.04. The second-order valence-corrected chi connectivity index (χ2v) is 5.84. The van der Waals surface area contributed by atoms with Crippen molar-refractivity contribution in [1.82, 2.24) is 25.0 Å². The molecule has 1 aromatic carbocycles. The average molecular weight is 342 g/mol. The van der Waals surface area contributed by atoms with Gasteiger partial charge in [-0.05, 0) is 12.1 Å². The van der Waals surface area contributed by atoms with Gasteiger partial charge >= 0.3 is 0 Å². The van der Waals surface area contributed by atoms with E-state index in [9.17, 15) is 4.79 Å². The Balaban J connectivity index is 1.44. The van der Waals surface area contributed by atoms with Crippen molar-refractivity contribution in [3.63, 3.8) is 0 Å². The van der Waals surface area contributed by atoms with Gasteiger partial charge in [0.25, 0.3) is 5.91 Å². The minimum Gasteiger partial charge on any atom is -0.338 e. The molecular formula is C16H12ClN5O2. The largest absolute Gasteiger partial charge is 0.338 e. The van der Waals surface area contributed by atoms with Crippen molar-refractivity contribution < 1.29 is 9.32 Å². The molecule has 0 spiro atoms. The van der Waals surface area contributed by atoms with Crippen LogP contribution in [0.1, 0.15) is 22.2 Å². The summed E-state index contributed by atoms with van der Waals surface area (Å²) in [6, 6.07) is 7.01. The van der Waals surface area contributed by atoms with E-state index in [0.717, 1.165) is 0 Å². The van der Waals surface area contributed by atoms with Crippen molar-refractivity contribution in [3.8, 4) is 11.5 Å². The van der Waals surface area contributed by atoms with Gasteiger partial charge < -0.3 is 9.42 Å². The van der Waals surface area contributed by atoms with E-state index in [1.54, 1.807) is 47.8 Å². The molecule has 0 bridgehead atoms. The van der Waals surface area contributed by atoms with Crippen LogP contribution in [0.25, 0.3) is 11.5 Å². The fourth-order valence-corrected chi connectivity index (χ4v) is 2.74. The van der Waals surface area contributed by atoms with Crippen molar-refractivity contribution in [2.45, 2.75) is 5.92 Å². The molecule has 0 N–H and O–H groups in total. The molecule has 3 heterocycles. The van der Waals surface area contributed by atoms with Gasteiger partial charge in [-0.1, -0.05) is 28.9 Å². The van der Waals surface area contributed by atoms with E-state index >= 15 is 0 Å². The van der Waals surface area contributed by atoms with Gasteiger partial charge in [0.2, 0.25) is 11.7 Å². The lowest BCUT2D eigenvalue weighted by Crippen LogP contribution is -2.48. The highest BCUT2D eigenvalue weighted by Crippen LogP contribution is 2.29. The van der Waals surface area contributed by atoms with E-state index in [2.05, 4.69) is 20.1 Å². The first kappa shape index (κ1) is 14.8. The van der Waals surface area contributed by atoms with Crippen LogP contribution in [0, 0.1) is 0 Å². The van der Waals surface area contributed by atoms with Crippen LogP contribution in [0.3, 0.4) is 0 Å². The Morgan fingerprint density at radius 3 is 2.83 bits per heavy atom. The fraction of sp³-hybridized carbons (Fsp3) is 0.188. The van der Waals surface area contributed by atoms with Crippen LogP contribution >= 0.6 is 11.6 Å². The normalized spacial score (nSPS) is 14.5. The van der Waals surface area contributed by atoms with Crippen molar-refractivity contribution in [1.29, 1.82) is 0 Å². The molecule has 0 atom stereocenters. The van der Waals surface area contributed by atoms with E-state index in [1.807, 2.05) is 0 Å². The first-order chi connectivity index (χ1) is 11.7. The molecule has 7 nitrogen and oxygen atoms in total. The molecule has 0 saturated carbocycles. The van der Waals surface area contributed by atoms with E-state index in [0.29, 0.717) is 41.1 Å². The fourth-order valence-electron chi connectivity index (χ4n) is 2.53. The molecule has 1 amide bonds. The maximum absolute atomic E-state index is 12.4. The Kier molecular flexibility index (Phi) is 3.70. The highest BCUT2D eigenvalue weighted by Gasteiger charge is 2.36. The average Bonchev–Trinajstić information content (AvgIpc) is 3.04. The Labute approximate surface area is 142 Å². The summed E-state index contributed by atoms with van der Waals surface area (Å²) in [7, 11) is 0. The maximum atomic E-state index is 12.4. The van der Waals surface area contributed by atoms with Crippen LogP contribution in [-0.2, 0) is 0 Å². The monoisotopic (exact) mass is 341 g/mol. The number of carbonyl (C=O) groups is 1. The van der Waals surface area contributed by atoms with Gasteiger partial charge in [-0.2, -0.15) is 4.98 Å². The van der Waals surface area contributed by atoms with Gasteiger partial charge in [-0.3, -0.25) is 9.78 Å². The quantitative estimate of drug-likeness (QED) is 0.727. The lowest BCUT2D eigenvalue weighted by Gasteiger charge is -2.37. The molecule has 24 heavy (non-hydrogen) atoms. The van der Waals surface area contributed by atoms with Gasteiger partial charge in [0.1, 0.15) is 5.69 Å². The number of halogens is 1. The summed E-state index contributed by atoms with van der Waals surface area (Å²) in [5.74, 6) is 0.827. The van der Waals surface area contributed by atoms with Gasteiger partial charge in [-0.25, -0.2) is 4.98 Å². The molecule has 4 rings (SSSR count). The Bertz CT molecular complexity index is 877. The van der Waals surface area contributed by atoms with E-state index < -0.39 is 0 Å². The molecule has 1 aliphatic heterocycles. The molecule has 1 fully saturated rings. The van der Waals surface area contributed by atoms with Crippen molar-refractivity contribution in [2.24, 2.45) is 0 Å². The number of amides is 1. The number of carbonyl (C=O) groups excluding carboxylic acids is 1. The summed E-state index contributed by atoms with van der Waals surface area (Å²) < 4.78 is 5.29. The summed E-state index contributed by atoms with van der Waals surface area (Å²) >= 11 is 6.07. The highest BCUT2D eigenvalue weighted by molar-refractivity contribution is 6.33. The number of aromatic nitrogens is 4. The van der Waals surface area contributed by atoms with Crippen LogP contribution in [0.2, 0.25) is 5.02 Å². The number of rotatable bonds is 3. The highest BCUT2D eigenvalue weighted by atomic mass is 35.5. The van der Waals surface area contributed by atoms with E-state index in [4.69, 9.17) is 16.1 Å². The molecular weight excluding hydrogens is 330 g/mol. The predicted octanol–water partition coefficient (Wildman–Crippen LogP) is 2.42. The molecule has 1 aliphatic rings. The smallest absolute Gasteiger partial charge is 0.255 e. The minimum absolute atomic E-state index is 0.0226. The van der Waals surface area contributed by atoms with Crippen molar-refractivity contribution >= 4 is 17.5 Å². The lowest BCUT2D eigenvalue weighted by molar-refractivity contribution is 0.0569. The molecule has 2 aromatic heterocycles. The Hall–Kier alpha value is -2.80. The third-order valence-electron chi connectivity index (χ3n) is 3.86. The Morgan fingerprint density at radius 1 is 1.25 bits per heavy atom. The summed E-state index contributed by atoms with van der Waals surface area (Å²) in [5, 5.41) is 4.37. The maximum Gasteiger partial charge on any atom is 0.255 e. The number of hydrogen-bond donors (Lipinski definition) is 0. The molecule has 3 aromatic rings. The third-order valence-corrected chi connectivity index (χ3v) is 4.19. The number of benzene rings is 1. The van der Waals surface area contributed by atoms with Crippen LogP contribution in [0.5, 0.6) is 0 Å². The molecule has 120 valence electrons. The Morgan fingerprint density at radius 2 is 2.08 bits per heavy atom. The predicted molar refractivity (Wildman–Crippen MR) is 85.4 cm³/mol. The molecule has 0 aliphatic carbocycles. The first-order valence-electron chi connectivity index (χ1n) is 7.36. The minimum atomic E-state index is -0.0921. The van der Waals surface area contributed by atoms with Crippen LogP contribution in [0.4, 0.5) is 0 Å². The zero-order valence-electron chi connectivity index (χ0n) is 12.5. The van der Waals surface area contributed by atoms with Gasteiger partial charge in [0, 0.05) is 25.5 Å². The number of likely N-dealkylation sites (tertiary alicyclic amines) is 1. The zero-order chi connectivity index (χ0) is 16.5. The van der Waals surface area contributed by atoms with Crippen molar-refractivity contribution in [2.75, 3.05) is 13.1 Å². The number of hydrogen-bond acceptors (Lipinski definition) is 6. The zero-order valence-corrected chi connectivity index (χ0v) is 13.2. The van der Waals surface area contributed by atoms with E-state index in [-0.39, 0.29) is 11.8 Å². The topological polar surface area (TPSA) is 85.0 Å². The molecule has 0 radical (unpaired) electrons. The van der Waals surface area contributed by atoms with E-state index in [1.165, 1.54) is 0 Å². The summed E-state index contributed by atoms with van der Waals surface area (Å²) in [6.07, 6.45) is 4.72. The van der Waals surface area contributed by atoms with Gasteiger partial charge in [0.15, 0.2) is 0 Å². The van der Waals surface area contributed by atoms with Crippen LogP contribution in [0.15, 0.2) is 47.4 Å². The summed E-state index contributed by atoms with van der Waals surface area (Å²) in [4.78, 5) is 26.6. The lowest BCUT2D eigenvalue weighted by atomic mass is 9.99. The van der Waals surface area contributed by atoms with Crippen molar-refractivity contribution in [3.05, 3.63) is 59.3 Å². The SMILES string of the molecule is O=C(c1ccccc1Cl)N1CC(c2nc(-c3cnccn3)no2)C1. The number of nitrogens with zero attached hydrogens (tertiary/aromatic N) is 5. The molecule has 0 unspecified atom stereocenters. The van der Waals surface area contributed by atoms with Gasteiger partial charge in [0.05, 0.1) is 22.7 Å². The first-order valence-corrected chi connectivity index (χ1v) is 7.74. The second-order valence-electron chi connectivity index (χ2n) is 5.43. The summed E-state index contributed by atoms with van der Waals surface area (Å²) in [5.41, 5.74) is 1.05. The van der Waals surface area contributed by atoms with Crippen LogP contribution in [-0.4, -0.2) is 44.0 Å². The van der Waals surface area contributed by atoms with Gasteiger partial charge in [-0.15, -0.1) is 0 Å². The standard InChI is InChI=1S/C16H12ClN5O2/c17-12-4-2-1-3-11(12)16(23)22-8-10(9-22)15-20-14(21-24-15)13-7-18-5-6-19-13/h1-7,10H,8-9H2. The molecule has 1 saturated heterocycles. The second kappa shape index (κ2) is 6.01. The third kappa shape index (κ3) is 2.63.